The van der Waals surface area contributed by atoms with Gasteiger partial charge in [-0.3, -0.25) is 0 Å². The number of hydrogen-bond acceptors (Lipinski definition) is 5. The van der Waals surface area contributed by atoms with Crippen LogP contribution < -0.4 is 5.32 Å². The highest BCUT2D eigenvalue weighted by Crippen LogP contribution is 2.26. The first kappa shape index (κ1) is 13.9. The van der Waals surface area contributed by atoms with E-state index in [1.54, 1.807) is 0 Å². The standard InChI is InChI=1S/C16H21N5/c1-2-5-14(6-3-1)15-7-4-9-21(11-15)10-8-18-16-19-12-17-13-20-16/h1-3,5-6,12-13,15H,4,7-11H2,(H,17,18,19,20). The third-order valence-corrected chi connectivity index (χ3v) is 3.98. The average Bonchev–Trinajstić information content (AvgIpc) is 2.57. The first-order valence-corrected chi connectivity index (χ1v) is 7.55. The highest BCUT2D eigenvalue weighted by atomic mass is 15.2. The number of piperidine rings is 1. The van der Waals surface area contributed by atoms with Crippen LogP contribution in [0.5, 0.6) is 0 Å². The molecular formula is C16H21N5. The van der Waals surface area contributed by atoms with Crippen molar-refractivity contribution in [3.05, 3.63) is 48.5 Å². The molecule has 5 heteroatoms. The van der Waals surface area contributed by atoms with E-state index in [0.29, 0.717) is 11.9 Å². The van der Waals surface area contributed by atoms with E-state index in [9.17, 15) is 0 Å². The quantitative estimate of drug-likeness (QED) is 0.911. The molecule has 0 amide bonds. The molecule has 2 heterocycles. The second kappa shape index (κ2) is 7.13. The zero-order valence-corrected chi connectivity index (χ0v) is 12.2. The Morgan fingerprint density at radius 1 is 1.14 bits per heavy atom. The number of anilines is 1. The number of hydrogen-bond donors (Lipinski definition) is 1. The minimum atomic E-state index is 0.654. The number of benzene rings is 1. The maximum Gasteiger partial charge on any atom is 0.225 e. The Labute approximate surface area is 125 Å². The van der Waals surface area contributed by atoms with Crippen LogP contribution in [0, 0.1) is 0 Å². The van der Waals surface area contributed by atoms with Crippen LogP contribution in [0.3, 0.4) is 0 Å². The number of nitrogens with zero attached hydrogens (tertiary/aromatic N) is 4. The molecule has 110 valence electrons. The smallest absolute Gasteiger partial charge is 0.225 e. The lowest BCUT2D eigenvalue weighted by Crippen LogP contribution is -2.37. The highest BCUT2D eigenvalue weighted by Gasteiger charge is 2.20. The van der Waals surface area contributed by atoms with Crippen molar-refractivity contribution >= 4 is 5.95 Å². The predicted molar refractivity (Wildman–Crippen MR) is 83.2 cm³/mol. The maximum absolute atomic E-state index is 4.07. The summed E-state index contributed by atoms with van der Waals surface area (Å²) in [7, 11) is 0. The summed E-state index contributed by atoms with van der Waals surface area (Å²) < 4.78 is 0. The van der Waals surface area contributed by atoms with Crippen LogP contribution in [-0.2, 0) is 0 Å². The molecule has 0 radical (unpaired) electrons. The van der Waals surface area contributed by atoms with Crippen molar-refractivity contribution in [1.82, 2.24) is 19.9 Å². The second-order valence-electron chi connectivity index (χ2n) is 5.44. The summed E-state index contributed by atoms with van der Waals surface area (Å²) in [6, 6.07) is 10.9. The van der Waals surface area contributed by atoms with Crippen LogP contribution in [0.4, 0.5) is 5.95 Å². The monoisotopic (exact) mass is 283 g/mol. The van der Waals surface area contributed by atoms with Crippen molar-refractivity contribution in [2.75, 3.05) is 31.5 Å². The van der Waals surface area contributed by atoms with Crippen molar-refractivity contribution in [2.24, 2.45) is 0 Å². The highest BCUT2D eigenvalue weighted by molar-refractivity contribution is 5.21. The Balaban J connectivity index is 1.48. The third kappa shape index (κ3) is 3.98. The van der Waals surface area contributed by atoms with E-state index in [2.05, 4.69) is 55.5 Å². The number of likely N-dealkylation sites (tertiary alicyclic amines) is 1. The molecule has 0 aliphatic carbocycles. The molecule has 0 bridgehead atoms. The van der Waals surface area contributed by atoms with Gasteiger partial charge in [0.2, 0.25) is 5.95 Å². The summed E-state index contributed by atoms with van der Waals surface area (Å²) in [5.41, 5.74) is 1.47. The zero-order chi connectivity index (χ0) is 14.3. The molecule has 1 fully saturated rings. The van der Waals surface area contributed by atoms with Crippen molar-refractivity contribution in [3.8, 4) is 0 Å². The Bertz CT molecular complexity index is 531. The minimum absolute atomic E-state index is 0.654. The van der Waals surface area contributed by atoms with Crippen LogP contribution in [0.25, 0.3) is 0 Å². The fourth-order valence-electron chi connectivity index (χ4n) is 2.91. The van der Waals surface area contributed by atoms with Gasteiger partial charge in [0.25, 0.3) is 0 Å². The third-order valence-electron chi connectivity index (χ3n) is 3.98. The molecule has 0 saturated carbocycles. The normalized spacial score (nSPS) is 19.3. The van der Waals surface area contributed by atoms with Gasteiger partial charge in [-0.25, -0.2) is 15.0 Å². The molecule has 21 heavy (non-hydrogen) atoms. The van der Waals surface area contributed by atoms with Crippen LogP contribution >= 0.6 is 0 Å². The molecule has 1 aliphatic heterocycles. The van der Waals surface area contributed by atoms with E-state index in [1.165, 1.54) is 37.6 Å². The van der Waals surface area contributed by atoms with Gasteiger partial charge in [-0.1, -0.05) is 30.3 Å². The lowest BCUT2D eigenvalue weighted by molar-refractivity contribution is 0.215. The molecule has 2 aromatic rings. The zero-order valence-electron chi connectivity index (χ0n) is 12.2. The fraction of sp³-hybridized carbons (Fsp3) is 0.438. The first-order chi connectivity index (χ1) is 10.4. The molecular weight excluding hydrogens is 262 g/mol. The fourth-order valence-corrected chi connectivity index (χ4v) is 2.91. The van der Waals surface area contributed by atoms with Crippen molar-refractivity contribution < 1.29 is 0 Å². The van der Waals surface area contributed by atoms with Crippen LogP contribution in [0.2, 0.25) is 0 Å². The van der Waals surface area contributed by atoms with Gasteiger partial charge in [0.15, 0.2) is 0 Å². The van der Waals surface area contributed by atoms with Crippen LogP contribution in [-0.4, -0.2) is 46.0 Å². The van der Waals surface area contributed by atoms with Gasteiger partial charge >= 0.3 is 0 Å². The second-order valence-corrected chi connectivity index (χ2v) is 5.44. The molecule has 1 saturated heterocycles. The molecule has 1 aromatic heterocycles. The van der Waals surface area contributed by atoms with Crippen LogP contribution in [0.1, 0.15) is 24.3 Å². The molecule has 1 unspecified atom stereocenters. The molecule has 1 N–H and O–H groups in total. The predicted octanol–water partition coefficient (Wildman–Crippen LogP) is 2.16. The van der Waals surface area contributed by atoms with Crippen molar-refractivity contribution in [3.63, 3.8) is 0 Å². The van der Waals surface area contributed by atoms with Gasteiger partial charge in [-0.2, -0.15) is 0 Å². The van der Waals surface area contributed by atoms with Gasteiger partial charge in [-0.15, -0.1) is 0 Å². The largest absolute Gasteiger partial charge is 0.353 e. The number of nitrogens with one attached hydrogen (secondary N) is 1. The van der Waals surface area contributed by atoms with Crippen molar-refractivity contribution in [2.45, 2.75) is 18.8 Å². The van der Waals surface area contributed by atoms with Gasteiger partial charge in [0.1, 0.15) is 12.7 Å². The molecule has 3 rings (SSSR count). The molecule has 1 aliphatic rings. The summed E-state index contributed by atoms with van der Waals surface area (Å²) in [5.74, 6) is 1.32. The van der Waals surface area contributed by atoms with E-state index in [0.717, 1.165) is 19.6 Å². The maximum atomic E-state index is 4.07. The molecule has 0 spiro atoms. The lowest BCUT2D eigenvalue weighted by atomic mass is 9.91. The Hall–Kier alpha value is -2.01. The SMILES string of the molecule is c1ccc(C2CCCN(CCNc3ncncn3)C2)cc1. The first-order valence-electron chi connectivity index (χ1n) is 7.55. The minimum Gasteiger partial charge on any atom is -0.353 e. The van der Waals surface area contributed by atoms with E-state index in [4.69, 9.17) is 0 Å². The van der Waals surface area contributed by atoms with Gasteiger partial charge in [0, 0.05) is 19.6 Å². The average molecular weight is 283 g/mol. The van der Waals surface area contributed by atoms with E-state index in [1.807, 2.05) is 0 Å². The van der Waals surface area contributed by atoms with Gasteiger partial charge in [-0.05, 0) is 30.9 Å². The van der Waals surface area contributed by atoms with Crippen LogP contribution in [0.15, 0.2) is 43.0 Å². The molecule has 1 atom stereocenters. The summed E-state index contributed by atoms with van der Waals surface area (Å²) in [6.07, 6.45) is 5.59. The summed E-state index contributed by atoms with van der Waals surface area (Å²) in [5, 5.41) is 3.24. The molecule has 5 nitrogen and oxygen atoms in total. The topological polar surface area (TPSA) is 53.9 Å². The Kier molecular flexibility index (Phi) is 4.74. The number of rotatable bonds is 5. The lowest BCUT2D eigenvalue weighted by Gasteiger charge is -2.33. The van der Waals surface area contributed by atoms with Crippen molar-refractivity contribution in [1.29, 1.82) is 0 Å². The summed E-state index contributed by atoms with van der Waals surface area (Å²) in [6.45, 7) is 4.21. The summed E-state index contributed by atoms with van der Waals surface area (Å²) in [4.78, 5) is 14.5. The Morgan fingerprint density at radius 3 is 2.76 bits per heavy atom. The molecule has 1 aromatic carbocycles. The van der Waals surface area contributed by atoms with E-state index < -0.39 is 0 Å². The van der Waals surface area contributed by atoms with Gasteiger partial charge < -0.3 is 10.2 Å². The summed E-state index contributed by atoms with van der Waals surface area (Å²) >= 11 is 0. The van der Waals surface area contributed by atoms with Gasteiger partial charge in [0.05, 0.1) is 0 Å². The van der Waals surface area contributed by atoms with E-state index in [-0.39, 0.29) is 0 Å². The number of aromatic nitrogens is 3. The Morgan fingerprint density at radius 2 is 1.95 bits per heavy atom. The van der Waals surface area contributed by atoms with E-state index >= 15 is 0 Å².